The van der Waals surface area contributed by atoms with Crippen LogP contribution in [0, 0.1) is 5.92 Å². The monoisotopic (exact) mass is 365 g/mol. The average molecular weight is 366 g/mol. The zero-order chi connectivity index (χ0) is 15.7. The Balaban J connectivity index is 1.75. The quantitative estimate of drug-likeness (QED) is 0.894. The van der Waals surface area contributed by atoms with E-state index in [9.17, 15) is 9.59 Å². The SMILES string of the molecule is O=C(O)C1CCN(C(=O)C2(c3ccc(Br)cc3)CCC2)CC1. The van der Waals surface area contributed by atoms with Crippen LogP contribution in [0.15, 0.2) is 28.7 Å². The molecule has 2 aliphatic rings. The second-order valence-corrected chi connectivity index (χ2v) is 7.26. The number of carbonyl (C=O) groups excluding carboxylic acids is 1. The summed E-state index contributed by atoms with van der Waals surface area (Å²) >= 11 is 3.43. The van der Waals surface area contributed by atoms with Gasteiger partial charge in [0.2, 0.25) is 5.91 Å². The van der Waals surface area contributed by atoms with E-state index in [1.54, 1.807) is 0 Å². The number of carbonyl (C=O) groups is 2. The Bertz CT molecular complexity index is 572. The van der Waals surface area contributed by atoms with Crippen LogP contribution in [0.3, 0.4) is 0 Å². The number of hydrogen-bond donors (Lipinski definition) is 1. The molecular weight excluding hydrogens is 346 g/mol. The summed E-state index contributed by atoms with van der Waals surface area (Å²) < 4.78 is 1.01. The molecule has 1 aromatic rings. The van der Waals surface area contributed by atoms with Gasteiger partial charge in [-0.15, -0.1) is 0 Å². The number of benzene rings is 1. The van der Waals surface area contributed by atoms with Gasteiger partial charge in [0.1, 0.15) is 0 Å². The lowest BCUT2D eigenvalue weighted by molar-refractivity contribution is -0.148. The van der Waals surface area contributed by atoms with Crippen molar-refractivity contribution >= 4 is 27.8 Å². The van der Waals surface area contributed by atoms with Crippen molar-refractivity contribution in [3.05, 3.63) is 34.3 Å². The molecule has 4 nitrogen and oxygen atoms in total. The molecule has 1 aliphatic heterocycles. The van der Waals surface area contributed by atoms with E-state index < -0.39 is 5.97 Å². The van der Waals surface area contributed by atoms with Gasteiger partial charge in [0.25, 0.3) is 0 Å². The molecule has 3 rings (SSSR count). The first-order valence-corrected chi connectivity index (χ1v) is 8.60. The molecule has 118 valence electrons. The molecule has 22 heavy (non-hydrogen) atoms. The number of rotatable bonds is 3. The number of hydrogen-bond acceptors (Lipinski definition) is 2. The minimum Gasteiger partial charge on any atom is -0.481 e. The fourth-order valence-electron chi connectivity index (χ4n) is 3.56. The van der Waals surface area contributed by atoms with Crippen LogP contribution >= 0.6 is 15.9 Å². The van der Waals surface area contributed by atoms with Crippen LogP contribution in [0.4, 0.5) is 0 Å². The highest BCUT2D eigenvalue weighted by atomic mass is 79.9. The maximum Gasteiger partial charge on any atom is 0.306 e. The number of piperidine rings is 1. The highest BCUT2D eigenvalue weighted by molar-refractivity contribution is 9.10. The van der Waals surface area contributed by atoms with Crippen molar-refractivity contribution in [3.8, 4) is 0 Å². The Morgan fingerprint density at radius 2 is 1.73 bits per heavy atom. The highest BCUT2D eigenvalue weighted by Crippen LogP contribution is 2.45. The fraction of sp³-hybridized carbons (Fsp3) is 0.529. The Kier molecular flexibility index (Phi) is 4.26. The molecule has 1 N–H and O–H groups in total. The molecule has 1 aliphatic carbocycles. The van der Waals surface area contributed by atoms with Crippen LogP contribution < -0.4 is 0 Å². The van der Waals surface area contributed by atoms with E-state index in [-0.39, 0.29) is 17.2 Å². The molecule has 1 heterocycles. The Hall–Kier alpha value is -1.36. The summed E-state index contributed by atoms with van der Waals surface area (Å²) in [6.45, 7) is 1.13. The lowest BCUT2D eigenvalue weighted by Crippen LogP contribution is -2.53. The first kappa shape index (κ1) is 15.5. The van der Waals surface area contributed by atoms with E-state index in [1.807, 2.05) is 29.2 Å². The molecule has 0 radical (unpaired) electrons. The maximum atomic E-state index is 13.0. The third-order valence-corrected chi connectivity index (χ3v) is 5.67. The maximum absolute atomic E-state index is 13.0. The van der Waals surface area contributed by atoms with Gasteiger partial charge in [-0.25, -0.2) is 0 Å². The molecule has 2 fully saturated rings. The molecule has 1 aromatic carbocycles. The van der Waals surface area contributed by atoms with Gasteiger partial charge < -0.3 is 10.0 Å². The normalized spacial score (nSPS) is 21.2. The number of amides is 1. The van der Waals surface area contributed by atoms with Crippen molar-refractivity contribution in [1.82, 2.24) is 4.90 Å². The number of aliphatic carboxylic acids is 1. The van der Waals surface area contributed by atoms with Gasteiger partial charge in [0, 0.05) is 17.6 Å². The van der Waals surface area contributed by atoms with E-state index in [0.717, 1.165) is 29.3 Å². The largest absolute Gasteiger partial charge is 0.481 e. The van der Waals surface area contributed by atoms with Crippen molar-refractivity contribution in [1.29, 1.82) is 0 Å². The summed E-state index contributed by atoms with van der Waals surface area (Å²) in [5.74, 6) is -0.850. The third kappa shape index (κ3) is 2.67. The Morgan fingerprint density at radius 3 is 2.18 bits per heavy atom. The molecule has 0 atom stereocenters. The van der Waals surface area contributed by atoms with E-state index >= 15 is 0 Å². The van der Waals surface area contributed by atoms with E-state index in [2.05, 4.69) is 15.9 Å². The van der Waals surface area contributed by atoms with Crippen molar-refractivity contribution in [2.75, 3.05) is 13.1 Å². The van der Waals surface area contributed by atoms with Gasteiger partial charge >= 0.3 is 5.97 Å². The molecule has 0 unspecified atom stereocenters. The van der Waals surface area contributed by atoms with Gasteiger partial charge in [0.15, 0.2) is 0 Å². The molecule has 0 spiro atoms. The lowest BCUT2D eigenvalue weighted by atomic mass is 9.63. The summed E-state index contributed by atoms with van der Waals surface area (Å²) in [6, 6.07) is 8.04. The standard InChI is InChI=1S/C17H20BrNO3/c18-14-4-2-13(3-5-14)17(8-1-9-17)16(22)19-10-6-12(7-11-19)15(20)21/h2-5,12H,1,6-11H2,(H,20,21). The van der Waals surface area contributed by atoms with Crippen molar-refractivity contribution < 1.29 is 14.7 Å². The Labute approximate surface area is 138 Å². The summed E-state index contributed by atoms with van der Waals surface area (Å²) in [7, 11) is 0. The van der Waals surface area contributed by atoms with Crippen LogP contribution in [0.5, 0.6) is 0 Å². The first-order chi connectivity index (χ1) is 10.5. The second kappa shape index (κ2) is 6.03. The van der Waals surface area contributed by atoms with Gasteiger partial charge in [0.05, 0.1) is 11.3 Å². The molecule has 0 aromatic heterocycles. The minimum atomic E-state index is -0.738. The average Bonchev–Trinajstić information content (AvgIpc) is 2.48. The van der Waals surface area contributed by atoms with Crippen molar-refractivity contribution in [3.63, 3.8) is 0 Å². The summed E-state index contributed by atoms with van der Waals surface area (Å²) in [4.78, 5) is 25.9. The van der Waals surface area contributed by atoms with E-state index in [0.29, 0.717) is 25.9 Å². The number of carboxylic acids is 1. The highest BCUT2D eigenvalue weighted by Gasteiger charge is 2.48. The third-order valence-electron chi connectivity index (χ3n) is 5.14. The predicted molar refractivity (Wildman–Crippen MR) is 86.6 cm³/mol. The lowest BCUT2D eigenvalue weighted by Gasteiger charge is -2.45. The van der Waals surface area contributed by atoms with Crippen LogP contribution in [0.1, 0.15) is 37.7 Å². The van der Waals surface area contributed by atoms with E-state index in [1.165, 1.54) is 0 Å². The molecule has 1 saturated heterocycles. The molecule has 0 bridgehead atoms. The fourth-order valence-corrected chi connectivity index (χ4v) is 3.82. The predicted octanol–water partition coefficient (Wildman–Crippen LogP) is 3.19. The summed E-state index contributed by atoms with van der Waals surface area (Å²) in [5.41, 5.74) is 0.712. The Morgan fingerprint density at radius 1 is 1.14 bits per heavy atom. The van der Waals surface area contributed by atoms with Crippen LogP contribution in [0.25, 0.3) is 0 Å². The van der Waals surface area contributed by atoms with Crippen molar-refractivity contribution in [2.45, 2.75) is 37.5 Å². The molecule has 1 amide bonds. The number of nitrogens with zero attached hydrogens (tertiary/aromatic N) is 1. The summed E-state index contributed by atoms with van der Waals surface area (Å²) in [5, 5.41) is 9.08. The second-order valence-electron chi connectivity index (χ2n) is 6.35. The minimum absolute atomic E-state index is 0.185. The molecule has 1 saturated carbocycles. The van der Waals surface area contributed by atoms with Crippen LogP contribution in [-0.4, -0.2) is 35.0 Å². The molecule has 5 heteroatoms. The van der Waals surface area contributed by atoms with Crippen LogP contribution in [-0.2, 0) is 15.0 Å². The van der Waals surface area contributed by atoms with Crippen LogP contribution in [0.2, 0.25) is 0 Å². The van der Waals surface area contributed by atoms with Gasteiger partial charge in [-0.1, -0.05) is 34.5 Å². The zero-order valence-electron chi connectivity index (χ0n) is 12.4. The van der Waals surface area contributed by atoms with Crippen molar-refractivity contribution in [2.24, 2.45) is 5.92 Å². The topological polar surface area (TPSA) is 57.6 Å². The number of likely N-dealkylation sites (tertiary alicyclic amines) is 1. The van der Waals surface area contributed by atoms with Gasteiger partial charge in [-0.3, -0.25) is 9.59 Å². The number of halogens is 1. The first-order valence-electron chi connectivity index (χ1n) is 7.81. The molecular formula is C17H20BrNO3. The zero-order valence-corrected chi connectivity index (χ0v) is 14.0. The summed E-state index contributed by atoms with van der Waals surface area (Å²) in [6.07, 6.45) is 4.00. The van der Waals surface area contributed by atoms with E-state index in [4.69, 9.17) is 5.11 Å². The van der Waals surface area contributed by atoms with Gasteiger partial charge in [-0.2, -0.15) is 0 Å². The number of carboxylic acid groups (broad SMARTS) is 1. The van der Waals surface area contributed by atoms with Gasteiger partial charge in [-0.05, 0) is 43.4 Å². The smallest absolute Gasteiger partial charge is 0.306 e.